The second-order valence-electron chi connectivity index (χ2n) is 1.55. The van der Waals surface area contributed by atoms with Crippen LogP contribution in [0.4, 0.5) is 0 Å². The molecular formula is C6H16INO3. The summed E-state index contributed by atoms with van der Waals surface area (Å²) in [5, 5.41) is 0.285. The number of quaternary nitrogens is 1. The molecule has 5 heteroatoms. The highest BCUT2D eigenvalue weighted by Crippen LogP contribution is 1.64. The van der Waals surface area contributed by atoms with Gasteiger partial charge < -0.3 is 24.0 Å². The fraction of sp³-hybridized carbons (Fsp3) is 1.00. The minimum atomic E-state index is 0. The maximum atomic E-state index is 5.00. The summed E-state index contributed by atoms with van der Waals surface area (Å²) in [5.74, 6) is 0. The Morgan fingerprint density at radius 1 is 0.818 bits per heavy atom. The second kappa shape index (κ2) is 10.6. The third kappa shape index (κ3) is 8.48. The van der Waals surface area contributed by atoms with Gasteiger partial charge in [-0.15, -0.1) is 14.5 Å². The molecule has 0 radical (unpaired) electrons. The Bertz CT molecular complexity index is 60.6. The van der Waals surface area contributed by atoms with Crippen LogP contribution in [0.5, 0.6) is 0 Å². The van der Waals surface area contributed by atoms with E-state index in [4.69, 9.17) is 14.5 Å². The highest BCUT2D eigenvalue weighted by atomic mass is 127. The molecule has 0 rings (SSSR count). The molecular weight excluding hydrogens is 261 g/mol. The Balaban J connectivity index is 0. The van der Waals surface area contributed by atoms with Gasteiger partial charge in [0.2, 0.25) is 0 Å². The van der Waals surface area contributed by atoms with Gasteiger partial charge >= 0.3 is 0 Å². The van der Waals surface area contributed by atoms with E-state index in [1.54, 1.807) is 0 Å². The fourth-order valence-electron chi connectivity index (χ4n) is 0.479. The van der Waals surface area contributed by atoms with Gasteiger partial charge in [0.15, 0.2) is 0 Å². The summed E-state index contributed by atoms with van der Waals surface area (Å²) in [6.45, 7) is 7.40. The zero-order valence-electron chi connectivity index (χ0n) is 7.22. The summed E-state index contributed by atoms with van der Waals surface area (Å²) in [6.07, 6.45) is 0. The Morgan fingerprint density at radius 2 is 1.09 bits per heavy atom. The fourth-order valence-corrected chi connectivity index (χ4v) is 0.479. The maximum Gasteiger partial charge on any atom is 0.112 e. The Labute approximate surface area is 84.7 Å². The first-order valence-corrected chi connectivity index (χ1v) is 3.60. The van der Waals surface area contributed by atoms with Crippen LogP contribution in [-0.2, 0) is 14.5 Å². The number of rotatable bonds is 6. The summed E-state index contributed by atoms with van der Waals surface area (Å²) in [6, 6.07) is 0. The van der Waals surface area contributed by atoms with Gasteiger partial charge in [0.05, 0.1) is 5.39 Å². The second-order valence-corrected chi connectivity index (χ2v) is 1.55. The molecule has 0 atom stereocenters. The molecule has 0 bridgehead atoms. The van der Waals surface area contributed by atoms with Gasteiger partial charge in [-0.1, -0.05) is 0 Å². The smallest absolute Gasteiger partial charge is 0.112 e. The molecule has 0 aliphatic carbocycles. The van der Waals surface area contributed by atoms with Gasteiger partial charge in [0, 0.05) is 0 Å². The largest absolute Gasteiger partial charge is 1.00 e. The molecule has 0 saturated heterocycles. The number of hydrogen-bond donors (Lipinski definition) is 1. The molecule has 70 valence electrons. The minimum Gasteiger partial charge on any atom is -1.00 e. The summed E-state index contributed by atoms with van der Waals surface area (Å²) >= 11 is 0. The third-order valence-electron chi connectivity index (χ3n) is 0.787. The van der Waals surface area contributed by atoms with E-state index in [2.05, 4.69) is 0 Å². The van der Waals surface area contributed by atoms with Crippen LogP contribution < -0.4 is 29.4 Å². The summed E-state index contributed by atoms with van der Waals surface area (Å²) in [4.78, 5) is 15.0. The normalized spacial score (nSPS) is 9.82. The molecule has 0 aromatic carbocycles. The lowest BCUT2D eigenvalue weighted by Crippen LogP contribution is -3.09. The lowest BCUT2D eigenvalue weighted by Gasteiger charge is -2.09. The quantitative estimate of drug-likeness (QED) is 0.408. The molecule has 0 aromatic rings. The van der Waals surface area contributed by atoms with Crippen LogP contribution in [0.1, 0.15) is 20.8 Å². The topological polar surface area (TPSA) is 32.1 Å². The average Bonchev–Trinajstić information content (AvgIpc) is 1.90. The Kier molecular flexibility index (Phi) is 13.6. The van der Waals surface area contributed by atoms with E-state index in [0.29, 0.717) is 19.8 Å². The van der Waals surface area contributed by atoms with E-state index in [1.807, 2.05) is 20.8 Å². The standard InChI is InChI=1S/C6H16NO3.HI/c1-4-8-7(9-5-2)10-6-3;/h7H,4-6H2,1-3H3;1H/q+1;/p-1. The number of nitrogens with one attached hydrogen (secondary N) is 1. The van der Waals surface area contributed by atoms with E-state index in [1.165, 1.54) is 0 Å². The highest BCUT2D eigenvalue weighted by molar-refractivity contribution is 3.94. The molecule has 0 amide bonds. The van der Waals surface area contributed by atoms with Crippen molar-refractivity contribution in [1.29, 1.82) is 0 Å². The van der Waals surface area contributed by atoms with Crippen LogP contribution in [-0.4, -0.2) is 19.8 Å². The molecule has 0 unspecified atom stereocenters. The summed E-state index contributed by atoms with van der Waals surface area (Å²) < 4.78 is 0. The van der Waals surface area contributed by atoms with Gasteiger partial charge in [-0.05, 0) is 20.8 Å². The molecule has 11 heavy (non-hydrogen) atoms. The van der Waals surface area contributed by atoms with Crippen molar-refractivity contribution >= 4 is 0 Å². The lowest BCUT2D eigenvalue weighted by molar-refractivity contribution is -1.37. The highest BCUT2D eigenvalue weighted by Gasteiger charge is 2.07. The van der Waals surface area contributed by atoms with Gasteiger partial charge in [-0.25, -0.2) is 0 Å². The van der Waals surface area contributed by atoms with Crippen molar-refractivity contribution in [2.24, 2.45) is 0 Å². The third-order valence-corrected chi connectivity index (χ3v) is 0.787. The predicted molar refractivity (Wildman–Crippen MR) is 35.8 cm³/mol. The van der Waals surface area contributed by atoms with Crippen molar-refractivity contribution < 1.29 is 43.9 Å². The van der Waals surface area contributed by atoms with Crippen LogP contribution in [0.2, 0.25) is 0 Å². The number of halogens is 1. The maximum absolute atomic E-state index is 5.00. The van der Waals surface area contributed by atoms with E-state index in [-0.39, 0.29) is 29.4 Å². The molecule has 1 N–H and O–H groups in total. The summed E-state index contributed by atoms with van der Waals surface area (Å²) in [5.41, 5.74) is 0. The van der Waals surface area contributed by atoms with Gasteiger partial charge in [0.1, 0.15) is 19.8 Å². The SMILES string of the molecule is CCO[NH+](OCC)OCC.[I-]. The van der Waals surface area contributed by atoms with Crippen molar-refractivity contribution in [1.82, 2.24) is 0 Å². The molecule has 0 saturated carbocycles. The Hall–Kier alpha value is 0.570. The summed E-state index contributed by atoms with van der Waals surface area (Å²) in [7, 11) is 0. The molecule has 4 nitrogen and oxygen atoms in total. The van der Waals surface area contributed by atoms with Gasteiger partial charge in [-0.2, -0.15) is 0 Å². The minimum absolute atomic E-state index is 0. The van der Waals surface area contributed by atoms with Crippen molar-refractivity contribution in [3.05, 3.63) is 0 Å². The first kappa shape index (κ1) is 14.1. The van der Waals surface area contributed by atoms with Crippen molar-refractivity contribution in [3.8, 4) is 0 Å². The molecule has 0 heterocycles. The number of hydrogen-bond acceptors (Lipinski definition) is 3. The van der Waals surface area contributed by atoms with Crippen LogP contribution >= 0.6 is 0 Å². The average molecular weight is 277 g/mol. The zero-order valence-corrected chi connectivity index (χ0v) is 9.38. The van der Waals surface area contributed by atoms with E-state index >= 15 is 0 Å². The first-order valence-electron chi connectivity index (χ1n) is 3.60. The molecule has 0 aliphatic rings. The molecule has 0 fully saturated rings. The van der Waals surface area contributed by atoms with Crippen molar-refractivity contribution in [2.45, 2.75) is 20.8 Å². The van der Waals surface area contributed by atoms with Crippen molar-refractivity contribution in [2.75, 3.05) is 19.8 Å². The Morgan fingerprint density at radius 3 is 1.27 bits per heavy atom. The first-order chi connectivity index (χ1) is 4.85. The van der Waals surface area contributed by atoms with Crippen LogP contribution in [0.15, 0.2) is 0 Å². The van der Waals surface area contributed by atoms with E-state index in [9.17, 15) is 0 Å². The molecule has 0 spiro atoms. The van der Waals surface area contributed by atoms with Gasteiger partial charge in [0.25, 0.3) is 0 Å². The lowest BCUT2D eigenvalue weighted by atomic mass is 10.9. The van der Waals surface area contributed by atoms with E-state index in [0.717, 1.165) is 0 Å². The molecule has 0 aromatic heterocycles. The predicted octanol–water partition coefficient (Wildman–Crippen LogP) is -3.27. The van der Waals surface area contributed by atoms with Crippen LogP contribution in [0, 0.1) is 0 Å². The monoisotopic (exact) mass is 277 g/mol. The van der Waals surface area contributed by atoms with Gasteiger partial charge in [-0.3, -0.25) is 0 Å². The van der Waals surface area contributed by atoms with E-state index < -0.39 is 0 Å². The van der Waals surface area contributed by atoms with Crippen LogP contribution in [0.3, 0.4) is 0 Å². The van der Waals surface area contributed by atoms with Crippen LogP contribution in [0.25, 0.3) is 0 Å². The zero-order chi connectivity index (χ0) is 7.82. The van der Waals surface area contributed by atoms with Crippen molar-refractivity contribution in [3.63, 3.8) is 0 Å². The molecule has 0 aliphatic heterocycles.